The van der Waals surface area contributed by atoms with Gasteiger partial charge in [0.2, 0.25) is 5.91 Å². The lowest BCUT2D eigenvalue weighted by atomic mass is 10.1. The summed E-state index contributed by atoms with van der Waals surface area (Å²) in [5.41, 5.74) is 1.42. The maximum Gasteiger partial charge on any atom is 0.306 e. The average molecular weight is 292 g/mol. The van der Waals surface area contributed by atoms with Gasteiger partial charge in [-0.2, -0.15) is 0 Å². The molecule has 0 aliphatic carbocycles. The van der Waals surface area contributed by atoms with Gasteiger partial charge in [0.05, 0.1) is 19.2 Å². The zero-order chi connectivity index (χ0) is 15.2. The average Bonchev–Trinajstić information content (AvgIpc) is 2.49. The van der Waals surface area contributed by atoms with Gasteiger partial charge in [-0.25, -0.2) is 0 Å². The van der Waals surface area contributed by atoms with Gasteiger partial charge in [0, 0.05) is 13.0 Å². The summed E-state index contributed by atoms with van der Waals surface area (Å²) in [6.07, 6.45) is 0.133. The van der Waals surface area contributed by atoms with Crippen LogP contribution in [0.5, 0.6) is 5.75 Å². The third-order valence-electron chi connectivity index (χ3n) is 2.95. The number of rotatable bonds is 5. The fourth-order valence-electron chi connectivity index (χ4n) is 1.85. The minimum Gasteiger partial charge on any atom is -0.482 e. The van der Waals surface area contributed by atoms with Crippen LogP contribution in [0.15, 0.2) is 18.2 Å². The number of hydrogen-bond acceptors (Lipinski definition) is 5. The van der Waals surface area contributed by atoms with Gasteiger partial charge < -0.3 is 20.1 Å². The van der Waals surface area contributed by atoms with Crippen molar-refractivity contribution in [1.82, 2.24) is 5.32 Å². The number of anilines is 1. The lowest BCUT2D eigenvalue weighted by molar-refractivity contribution is -0.142. The SMILES string of the molecule is COC(=O)CCC(=O)NCc1ccc2c(c1)NC(=O)CO2. The Labute approximate surface area is 121 Å². The maximum absolute atomic E-state index is 11.6. The van der Waals surface area contributed by atoms with Gasteiger partial charge in [0.1, 0.15) is 5.75 Å². The fraction of sp³-hybridized carbons (Fsp3) is 0.357. The van der Waals surface area contributed by atoms with Crippen LogP contribution in [0, 0.1) is 0 Å². The molecule has 1 aromatic carbocycles. The highest BCUT2D eigenvalue weighted by Gasteiger charge is 2.16. The fourth-order valence-corrected chi connectivity index (χ4v) is 1.85. The van der Waals surface area contributed by atoms with Crippen molar-refractivity contribution >= 4 is 23.5 Å². The van der Waals surface area contributed by atoms with Crippen LogP contribution in [0.3, 0.4) is 0 Å². The second-order valence-corrected chi connectivity index (χ2v) is 4.52. The molecule has 2 rings (SSSR count). The Morgan fingerprint density at radius 3 is 2.95 bits per heavy atom. The predicted octanol–water partition coefficient (Wildman–Crippen LogP) is 0.587. The molecule has 0 spiro atoms. The van der Waals surface area contributed by atoms with E-state index in [-0.39, 0.29) is 31.3 Å². The highest BCUT2D eigenvalue weighted by molar-refractivity contribution is 5.95. The molecule has 0 atom stereocenters. The van der Waals surface area contributed by atoms with Gasteiger partial charge in [-0.15, -0.1) is 0 Å². The number of nitrogens with one attached hydrogen (secondary N) is 2. The van der Waals surface area contributed by atoms with Crippen LogP contribution >= 0.6 is 0 Å². The summed E-state index contributed by atoms with van der Waals surface area (Å²) in [6.45, 7) is 0.319. The molecule has 0 radical (unpaired) electrons. The Kier molecular flexibility index (Phi) is 4.76. The molecule has 1 aromatic rings. The van der Waals surface area contributed by atoms with E-state index in [1.165, 1.54) is 7.11 Å². The summed E-state index contributed by atoms with van der Waals surface area (Å²) in [5.74, 6) is -0.255. The first kappa shape index (κ1) is 14.8. The van der Waals surface area contributed by atoms with Crippen molar-refractivity contribution < 1.29 is 23.9 Å². The Morgan fingerprint density at radius 2 is 2.19 bits per heavy atom. The van der Waals surface area contributed by atoms with Gasteiger partial charge in [-0.3, -0.25) is 14.4 Å². The zero-order valence-corrected chi connectivity index (χ0v) is 11.6. The molecule has 0 saturated heterocycles. The molecule has 0 saturated carbocycles. The number of amides is 2. The summed E-state index contributed by atoms with van der Waals surface area (Å²) in [5, 5.41) is 5.39. The van der Waals surface area contributed by atoms with E-state index in [0.717, 1.165) is 5.56 Å². The van der Waals surface area contributed by atoms with E-state index in [0.29, 0.717) is 18.0 Å². The zero-order valence-electron chi connectivity index (χ0n) is 11.6. The molecule has 0 aromatic heterocycles. The Morgan fingerprint density at radius 1 is 1.38 bits per heavy atom. The molecule has 0 unspecified atom stereocenters. The summed E-state index contributed by atoms with van der Waals surface area (Å²) in [7, 11) is 1.28. The highest BCUT2D eigenvalue weighted by atomic mass is 16.5. The number of carbonyl (C=O) groups is 3. The number of benzene rings is 1. The normalized spacial score (nSPS) is 12.7. The molecule has 1 aliphatic heterocycles. The van der Waals surface area contributed by atoms with Gasteiger partial charge in [0.25, 0.3) is 5.91 Å². The molecule has 1 heterocycles. The molecule has 7 nitrogen and oxygen atoms in total. The third kappa shape index (κ3) is 4.20. The van der Waals surface area contributed by atoms with E-state index in [1.54, 1.807) is 18.2 Å². The number of methoxy groups -OCH3 is 1. The standard InChI is InChI=1S/C14H16N2O5/c1-20-14(19)5-4-12(17)15-7-9-2-3-11-10(6-9)16-13(18)8-21-11/h2-3,6H,4-5,7-8H2,1H3,(H,15,17)(H,16,18). The highest BCUT2D eigenvalue weighted by Crippen LogP contribution is 2.28. The monoisotopic (exact) mass is 292 g/mol. The van der Waals surface area contributed by atoms with Crippen molar-refractivity contribution in [3.05, 3.63) is 23.8 Å². The first-order valence-corrected chi connectivity index (χ1v) is 6.47. The van der Waals surface area contributed by atoms with E-state index in [4.69, 9.17) is 4.74 Å². The molecular weight excluding hydrogens is 276 g/mol. The summed E-state index contributed by atoms with van der Waals surface area (Å²) in [6, 6.07) is 5.29. The van der Waals surface area contributed by atoms with Crippen molar-refractivity contribution in [3.63, 3.8) is 0 Å². The van der Waals surface area contributed by atoms with Crippen LogP contribution in [0.4, 0.5) is 5.69 Å². The van der Waals surface area contributed by atoms with Crippen LogP contribution in [0.1, 0.15) is 18.4 Å². The summed E-state index contributed by atoms with van der Waals surface area (Å²) < 4.78 is 9.71. The summed E-state index contributed by atoms with van der Waals surface area (Å²) >= 11 is 0. The minimum atomic E-state index is -0.418. The van der Waals surface area contributed by atoms with Crippen molar-refractivity contribution in [1.29, 1.82) is 0 Å². The van der Waals surface area contributed by atoms with E-state index >= 15 is 0 Å². The smallest absolute Gasteiger partial charge is 0.306 e. The molecule has 7 heteroatoms. The molecule has 112 valence electrons. The topological polar surface area (TPSA) is 93.7 Å². The number of fused-ring (bicyclic) bond motifs is 1. The van der Waals surface area contributed by atoms with Gasteiger partial charge in [-0.05, 0) is 17.7 Å². The second-order valence-electron chi connectivity index (χ2n) is 4.52. The quantitative estimate of drug-likeness (QED) is 0.775. The third-order valence-corrected chi connectivity index (χ3v) is 2.95. The number of esters is 1. The van der Waals surface area contributed by atoms with Crippen molar-refractivity contribution in [2.75, 3.05) is 19.0 Å². The Hall–Kier alpha value is -2.57. The number of hydrogen-bond donors (Lipinski definition) is 2. The molecule has 2 amide bonds. The van der Waals surface area contributed by atoms with Crippen LogP contribution in [-0.2, 0) is 25.7 Å². The lowest BCUT2D eigenvalue weighted by Gasteiger charge is -2.18. The molecular formula is C14H16N2O5. The van der Waals surface area contributed by atoms with Crippen molar-refractivity contribution in [2.24, 2.45) is 0 Å². The van der Waals surface area contributed by atoms with Crippen LogP contribution in [0.2, 0.25) is 0 Å². The molecule has 0 bridgehead atoms. The largest absolute Gasteiger partial charge is 0.482 e. The van der Waals surface area contributed by atoms with E-state index in [1.807, 2.05) is 0 Å². The Bertz CT molecular complexity index is 570. The maximum atomic E-state index is 11.6. The predicted molar refractivity (Wildman–Crippen MR) is 73.7 cm³/mol. The number of ether oxygens (including phenoxy) is 2. The molecule has 2 N–H and O–H groups in total. The van der Waals surface area contributed by atoms with Crippen molar-refractivity contribution in [3.8, 4) is 5.75 Å². The van der Waals surface area contributed by atoms with E-state index in [2.05, 4.69) is 15.4 Å². The van der Waals surface area contributed by atoms with Gasteiger partial charge in [-0.1, -0.05) is 6.07 Å². The van der Waals surface area contributed by atoms with E-state index in [9.17, 15) is 14.4 Å². The van der Waals surface area contributed by atoms with Crippen LogP contribution in [0.25, 0.3) is 0 Å². The minimum absolute atomic E-state index is 0.0105. The van der Waals surface area contributed by atoms with Gasteiger partial charge >= 0.3 is 5.97 Å². The number of carbonyl (C=O) groups excluding carboxylic acids is 3. The van der Waals surface area contributed by atoms with Crippen molar-refractivity contribution in [2.45, 2.75) is 19.4 Å². The lowest BCUT2D eigenvalue weighted by Crippen LogP contribution is -2.26. The second kappa shape index (κ2) is 6.74. The molecule has 0 fully saturated rings. The Balaban J connectivity index is 1.86. The molecule has 21 heavy (non-hydrogen) atoms. The van der Waals surface area contributed by atoms with Crippen LogP contribution < -0.4 is 15.4 Å². The summed E-state index contributed by atoms with van der Waals surface area (Å²) in [4.78, 5) is 33.7. The van der Waals surface area contributed by atoms with Gasteiger partial charge in [0.15, 0.2) is 6.61 Å². The first-order valence-electron chi connectivity index (χ1n) is 6.47. The van der Waals surface area contributed by atoms with E-state index < -0.39 is 5.97 Å². The van der Waals surface area contributed by atoms with Crippen LogP contribution in [-0.4, -0.2) is 31.5 Å². The first-order chi connectivity index (χ1) is 10.1. The molecule has 1 aliphatic rings.